The molecule has 3 heteroatoms. The van der Waals surface area contributed by atoms with E-state index in [9.17, 15) is 4.79 Å². The maximum Gasteiger partial charge on any atom is 0.172 e. The predicted molar refractivity (Wildman–Crippen MR) is 79.3 cm³/mol. The summed E-state index contributed by atoms with van der Waals surface area (Å²) in [4.78, 5) is 15.2. The van der Waals surface area contributed by atoms with Crippen molar-refractivity contribution in [3.8, 4) is 5.75 Å². The summed E-state index contributed by atoms with van der Waals surface area (Å²) in [6.45, 7) is 8.53. The molecule has 2 aromatic rings. The van der Waals surface area contributed by atoms with Crippen LogP contribution >= 0.6 is 0 Å². The Balaban J connectivity index is 2.23. The van der Waals surface area contributed by atoms with Crippen molar-refractivity contribution in [2.75, 3.05) is 0 Å². The van der Waals surface area contributed by atoms with Gasteiger partial charge in [-0.2, -0.15) is 0 Å². The van der Waals surface area contributed by atoms with E-state index in [4.69, 9.17) is 4.74 Å². The van der Waals surface area contributed by atoms with E-state index in [0.29, 0.717) is 18.1 Å². The molecule has 0 saturated heterocycles. The van der Waals surface area contributed by atoms with Gasteiger partial charge >= 0.3 is 0 Å². The molecule has 0 fully saturated rings. The van der Waals surface area contributed by atoms with E-state index in [0.717, 1.165) is 17.5 Å². The van der Waals surface area contributed by atoms with E-state index < -0.39 is 0 Å². The Bertz CT molecular complexity index is 624. The maximum absolute atomic E-state index is 11.0. The van der Waals surface area contributed by atoms with Crippen LogP contribution in [0.4, 0.5) is 0 Å². The summed E-state index contributed by atoms with van der Waals surface area (Å²) in [7, 11) is 0. The fraction of sp³-hybridized carbons (Fsp3) is 0.294. The Labute approximate surface area is 119 Å². The van der Waals surface area contributed by atoms with E-state index in [1.54, 1.807) is 6.07 Å². The zero-order valence-corrected chi connectivity index (χ0v) is 12.4. The molecular weight excluding hydrogens is 250 g/mol. The van der Waals surface area contributed by atoms with Crippen LogP contribution in [0, 0.1) is 27.7 Å². The van der Waals surface area contributed by atoms with Crippen LogP contribution in [0.1, 0.15) is 38.4 Å². The number of aryl methyl sites for hydroxylation is 4. The number of carbonyl (C=O) groups excluding carboxylic acids is 1. The quantitative estimate of drug-likeness (QED) is 0.794. The van der Waals surface area contributed by atoms with Gasteiger partial charge in [0.05, 0.1) is 0 Å². The molecule has 104 valence electrons. The molecule has 1 aromatic heterocycles. The Morgan fingerprint density at radius 2 is 1.75 bits per heavy atom. The number of aromatic nitrogens is 1. The summed E-state index contributed by atoms with van der Waals surface area (Å²) < 4.78 is 5.78. The SMILES string of the molecule is Cc1cc(C)c(COc2ccc(C)nc2C=O)c(C)c1. The first kappa shape index (κ1) is 14.3. The molecule has 1 heterocycles. The fourth-order valence-corrected chi connectivity index (χ4v) is 2.36. The van der Waals surface area contributed by atoms with Gasteiger partial charge in [-0.15, -0.1) is 0 Å². The van der Waals surface area contributed by atoms with Crippen LogP contribution in [-0.4, -0.2) is 11.3 Å². The first-order valence-corrected chi connectivity index (χ1v) is 6.63. The molecule has 0 saturated carbocycles. The molecule has 20 heavy (non-hydrogen) atoms. The predicted octanol–water partition coefficient (Wildman–Crippen LogP) is 3.71. The molecular formula is C17H19NO2. The summed E-state index contributed by atoms with van der Waals surface area (Å²) in [5.74, 6) is 0.532. The molecule has 0 aliphatic heterocycles. The first-order valence-electron chi connectivity index (χ1n) is 6.63. The molecule has 0 radical (unpaired) electrons. The lowest BCUT2D eigenvalue weighted by Gasteiger charge is -2.13. The Kier molecular flexibility index (Phi) is 4.18. The standard InChI is InChI=1S/C17H19NO2/c1-11-7-12(2)15(13(3)8-11)10-20-17-6-5-14(4)18-16(17)9-19/h5-9H,10H2,1-4H3. The summed E-state index contributed by atoms with van der Waals surface area (Å²) in [5.41, 5.74) is 5.97. The fourth-order valence-electron chi connectivity index (χ4n) is 2.36. The van der Waals surface area contributed by atoms with Crippen molar-refractivity contribution in [2.24, 2.45) is 0 Å². The van der Waals surface area contributed by atoms with E-state index >= 15 is 0 Å². The number of aldehydes is 1. The van der Waals surface area contributed by atoms with E-state index in [2.05, 4.69) is 37.9 Å². The zero-order valence-electron chi connectivity index (χ0n) is 12.4. The van der Waals surface area contributed by atoms with Crippen molar-refractivity contribution >= 4 is 6.29 Å². The first-order chi connectivity index (χ1) is 9.51. The second-order valence-corrected chi connectivity index (χ2v) is 5.12. The number of carbonyl (C=O) groups is 1. The molecule has 0 amide bonds. The minimum absolute atomic E-state index is 0.354. The van der Waals surface area contributed by atoms with Crippen molar-refractivity contribution in [3.05, 3.63) is 57.9 Å². The average Bonchev–Trinajstić information content (AvgIpc) is 2.38. The highest BCUT2D eigenvalue weighted by Crippen LogP contribution is 2.21. The lowest BCUT2D eigenvalue weighted by Crippen LogP contribution is -2.04. The average molecular weight is 269 g/mol. The van der Waals surface area contributed by atoms with Gasteiger partial charge in [-0.25, -0.2) is 4.98 Å². The van der Waals surface area contributed by atoms with E-state index in [1.165, 1.54) is 16.7 Å². The van der Waals surface area contributed by atoms with Gasteiger partial charge in [0.15, 0.2) is 6.29 Å². The van der Waals surface area contributed by atoms with E-state index in [1.807, 2.05) is 13.0 Å². The third-order valence-corrected chi connectivity index (χ3v) is 3.35. The number of nitrogens with zero attached hydrogens (tertiary/aromatic N) is 1. The number of benzene rings is 1. The number of pyridine rings is 1. The van der Waals surface area contributed by atoms with Crippen LogP contribution in [0.5, 0.6) is 5.75 Å². The highest BCUT2D eigenvalue weighted by Gasteiger charge is 2.08. The van der Waals surface area contributed by atoms with Gasteiger partial charge in [-0.05, 0) is 56.5 Å². The highest BCUT2D eigenvalue weighted by molar-refractivity contribution is 5.76. The molecule has 0 spiro atoms. The van der Waals surface area contributed by atoms with E-state index in [-0.39, 0.29) is 0 Å². The van der Waals surface area contributed by atoms with Crippen molar-refractivity contribution in [1.29, 1.82) is 0 Å². The number of hydrogen-bond donors (Lipinski definition) is 0. The number of ether oxygens (including phenoxy) is 1. The monoisotopic (exact) mass is 269 g/mol. The van der Waals surface area contributed by atoms with Gasteiger partial charge in [0.1, 0.15) is 18.1 Å². The van der Waals surface area contributed by atoms with Crippen molar-refractivity contribution in [1.82, 2.24) is 4.98 Å². The van der Waals surface area contributed by atoms with Crippen LogP contribution in [-0.2, 0) is 6.61 Å². The topological polar surface area (TPSA) is 39.2 Å². The van der Waals surface area contributed by atoms with Gasteiger partial charge in [0.25, 0.3) is 0 Å². The summed E-state index contributed by atoms with van der Waals surface area (Å²) in [6, 6.07) is 7.92. The van der Waals surface area contributed by atoms with Gasteiger partial charge in [-0.3, -0.25) is 4.79 Å². The molecule has 0 N–H and O–H groups in total. The molecule has 0 atom stereocenters. The minimum Gasteiger partial charge on any atom is -0.486 e. The molecule has 0 unspecified atom stereocenters. The molecule has 1 aromatic carbocycles. The van der Waals surface area contributed by atoms with Gasteiger partial charge in [-0.1, -0.05) is 17.7 Å². The van der Waals surface area contributed by atoms with Crippen LogP contribution in [0.15, 0.2) is 24.3 Å². The molecule has 0 bridgehead atoms. The number of rotatable bonds is 4. The lowest BCUT2D eigenvalue weighted by atomic mass is 10.0. The lowest BCUT2D eigenvalue weighted by molar-refractivity contribution is 0.111. The summed E-state index contributed by atoms with van der Waals surface area (Å²) in [6.07, 6.45) is 0.733. The minimum atomic E-state index is 0.354. The third-order valence-electron chi connectivity index (χ3n) is 3.35. The van der Waals surface area contributed by atoms with Crippen LogP contribution in [0.3, 0.4) is 0 Å². The smallest absolute Gasteiger partial charge is 0.172 e. The normalized spacial score (nSPS) is 10.4. The molecule has 2 rings (SSSR count). The maximum atomic E-state index is 11.0. The second kappa shape index (κ2) is 5.87. The van der Waals surface area contributed by atoms with Crippen molar-refractivity contribution in [2.45, 2.75) is 34.3 Å². The second-order valence-electron chi connectivity index (χ2n) is 5.12. The molecule has 3 nitrogen and oxygen atoms in total. The third kappa shape index (κ3) is 3.05. The molecule has 0 aliphatic rings. The van der Waals surface area contributed by atoms with Crippen molar-refractivity contribution < 1.29 is 9.53 Å². The Hall–Kier alpha value is -2.16. The van der Waals surface area contributed by atoms with Crippen LogP contribution < -0.4 is 4.74 Å². The van der Waals surface area contributed by atoms with Crippen LogP contribution in [0.25, 0.3) is 0 Å². The zero-order chi connectivity index (χ0) is 14.7. The highest BCUT2D eigenvalue weighted by atomic mass is 16.5. The van der Waals surface area contributed by atoms with Crippen molar-refractivity contribution in [3.63, 3.8) is 0 Å². The van der Waals surface area contributed by atoms with Gasteiger partial charge in [0, 0.05) is 5.69 Å². The summed E-state index contributed by atoms with van der Waals surface area (Å²) in [5, 5.41) is 0. The van der Waals surface area contributed by atoms with Crippen LogP contribution in [0.2, 0.25) is 0 Å². The Morgan fingerprint density at radius 3 is 2.35 bits per heavy atom. The Morgan fingerprint density at radius 1 is 1.10 bits per heavy atom. The molecule has 0 aliphatic carbocycles. The number of hydrogen-bond acceptors (Lipinski definition) is 3. The summed E-state index contributed by atoms with van der Waals surface area (Å²) >= 11 is 0. The van der Waals surface area contributed by atoms with Gasteiger partial charge in [0.2, 0.25) is 0 Å². The van der Waals surface area contributed by atoms with Gasteiger partial charge < -0.3 is 4.74 Å². The largest absolute Gasteiger partial charge is 0.486 e.